The number of rotatable bonds is 78. The highest BCUT2D eigenvalue weighted by molar-refractivity contribution is 7.47. The average Bonchev–Trinajstić information content (AvgIpc) is 0.934. The minimum atomic E-state index is -4.96. The number of hydrogen-bond donors (Lipinski definition) is 3. The first kappa shape index (κ1) is 98.1. The van der Waals surface area contributed by atoms with Crippen LogP contribution in [0.1, 0.15) is 415 Å². The molecule has 3 N–H and O–H groups in total. The van der Waals surface area contributed by atoms with Crippen LogP contribution in [0.3, 0.4) is 0 Å². The van der Waals surface area contributed by atoms with Gasteiger partial charge in [-0.15, -0.1) is 0 Å². The first-order valence-corrected chi connectivity index (χ1v) is 44.7. The summed E-state index contributed by atoms with van der Waals surface area (Å²) in [6.07, 6.45) is 57.0. The van der Waals surface area contributed by atoms with Gasteiger partial charge in [-0.3, -0.25) is 37.3 Å². The summed E-state index contributed by atoms with van der Waals surface area (Å²) in [4.78, 5) is 73.0. The molecule has 0 aliphatic carbocycles. The Labute approximate surface area is 613 Å². The molecular weight excluding hydrogens is 1310 g/mol. The van der Waals surface area contributed by atoms with Gasteiger partial charge in [-0.1, -0.05) is 364 Å². The molecule has 0 aliphatic rings. The van der Waals surface area contributed by atoms with Gasteiger partial charge in [0.2, 0.25) is 0 Å². The Hall–Kier alpha value is -1.94. The van der Waals surface area contributed by atoms with E-state index in [4.69, 9.17) is 37.0 Å². The van der Waals surface area contributed by atoms with Crippen LogP contribution in [0.15, 0.2) is 0 Å². The molecule has 0 saturated heterocycles. The van der Waals surface area contributed by atoms with E-state index in [1.165, 1.54) is 212 Å². The van der Waals surface area contributed by atoms with Crippen molar-refractivity contribution in [2.75, 3.05) is 39.6 Å². The van der Waals surface area contributed by atoms with Crippen LogP contribution in [0.2, 0.25) is 0 Å². The van der Waals surface area contributed by atoms with Crippen LogP contribution >= 0.6 is 15.6 Å². The second-order valence-corrected chi connectivity index (χ2v) is 33.7. The molecule has 100 heavy (non-hydrogen) atoms. The standard InChI is InChI=1S/C81H158O17P2/c1-9-74(8)60-52-44-39-40-46-54-62-79(84)92-68-77(98-80(85)63-55-47-37-31-24-20-16-12-14-18-22-28-34-42-50-58-72(4)5)70-96-100(89,90)94-66-75(82)65-93-99(87,88)95-69-76(97-81(86)64-56-48-38-32-26-25-29-35-43-51-59-73(6)7)67-91-78(83)61-53-45-36-30-23-19-15-11-10-13-17-21-27-33-41-49-57-71(2)3/h71-77,82H,9-70H2,1-8H3,(H,87,88)(H,89,90)/t74?,75-,76-,77-/m1/s1. The number of phosphoric acid groups is 2. The third kappa shape index (κ3) is 73.0. The van der Waals surface area contributed by atoms with Gasteiger partial charge in [-0.05, 0) is 49.4 Å². The van der Waals surface area contributed by atoms with Crippen LogP contribution < -0.4 is 0 Å². The first-order chi connectivity index (χ1) is 48.1. The fourth-order valence-corrected chi connectivity index (χ4v) is 14.0. The predicted molar refractivity (Wildman–Crippen MR) is 409 cm³/mol. The second kappa shape index (κ2) is 70.1. The number of carbonyl (C=O) groups is 4. The summed E-state index contributed by atoms with van der Waals surface area (Å²) in [7, 11) is -9.92. The Morgan fingerprint density at radius 1 is 0.280 bits per heavy atom. The lowest BCUT2D eigenvalue weighted by Gasteiger charge is -2.21. The Morgan fingerprint density at radius 2 is 0.480 bits per heavy atom. The van der Waals surface area contributed by atoms with Gasteiger partial charge in [-0.2, -0.15) is 0 Å². The van der Waals surface area contributed by atoms with E-state index >= 15 is 0 Å². The smallest absolute Gasteiger partial charge is 0.462 e. The SMILES string of the molecule is CCC(C)CCCCCCCCC(=O)OC[C@H](COP(=O)(O)OC[C@H](O)COP(=O)(O)OC[C@@H](COC(=O)CCCCCCCCCCCCCCCCCCC(C)C)OC(=O)CCCCCCCCCCCCC(C)C)OC(=O)CCCCCCCCCCCCCCCCCC(C)C. The lowest BCUT2D eigenvalue weighted by molar-refractivity contribution is -0.161. The van der Waals surface area contributed by atoms with Crippen molar-refractivity contribution in [2.24, 2.45) is 23.7 Å². The average molecular weight is 1470 g/mol. The van der Waals surface area contributed by atoms with Crippen LogP contribution in [0.25, 0.3) is 0 Å². The van der Waals surface area contributed by atoms with E-state index in [1.54, 1.807) is 0 Å². The Morgan fingerprint density at radius 3 is 0.710 bits per heavy atom. The van der Waals surface area contributed by atoms with Crippen LogP contribution in [-0.2, 0) is 65.4 Å². The number of aliphatic hydroxyl groups excluding tert-OH is 1. The van der Waals surface area contributed by atoms with Crippen LogP contribution in [0.5, 0.6) is 0 Å². The molecule has 17 nitrogen and oxygen atoms in total. The fourth-order valence-electron chi connectivity index (χ4n) is 12.4. The van der Waals surface area contributed by atoms with E-state index in [9.17, 15) is 43.2 Å². The van der Waals surface area contributed by atoms with Crippen molar-refractivity contribution in [1.82, 2.24) is 0 Å². The third-order valence-electron chi connectivity index (χ3n) is 19.2. The fraction of sp³-hybridized carbons (Fsp3) is 0.951. The number of phosphoric ester groups is 2. The van der Waals surface area contributed by atoms with Crippen LogP contribution in [-0.4, -0.2) is 96.7 Å². The molecule has 0 amide bonds. The Bertz CT molecular complexity index is 1960. The number of unbranched alkanes of at least 4 members (excludes halogenated alkanes) is 43. The van der Waals surface area contributed by atoms with Gasteiger partial charge in [0.1, 0.15) is 19.3 Å². The van der Waals surface area contributed by atoms with Gasteiger partial charge >= 0.3 is 39.5 Å². The van der Waals surface area contributed by atoms with Crippen LogP contribution in [0.4, 0.5) is 0 Å². The largest absolute Gasteiger partial charge is 0.472 e. The highest BCUT2D eigenvalue weighted by Gasteiger charge is 2.30. The normalized spacial score (nSPS) is 14.3. The topological polar surface area (TPSA) is 237 Å². The lowest BCUT2D eigenvalue weighted by atomic mass is 10.00. The molecule has 0 aromatic rings. The summed E-state index contributed by atoms with van der Waals surface area (Å²) < 4.78 is 68.7. The highest BCUT2D eigenvalue weighted by atomic mass is 31.2. The molecule has 0 saturated carbocycles. The Kier molecular flexibility index (Phi) is 68.7. The van der Waals surface area contributed by atoms with Crippen molar-refractivity contribution in [3.05, 3.63) is 0 Å². The van der Waals surface area contributed by atoms with Crippen molar-refractivity contribution >= 4 is 39.5 Å². The molecule has 594 valence electrons. The zero-order chi connectivity index (χ0) is 73.8. The van der Waals surface area contributed by atoms with Gasteiger partial charge in [0.15, 0.2) is 12.2 Å². The first-order valence-electron chi connectivity index (χ1n) is 41.7. The maximum Gasteiger partial charge on any atom is 0.472 e. The summed E-state index contributed by atoms with van der Waals surface area (Å²) >= 11 is 0. The molecule has 0 aromatic heterocycles. The maximum atomic E-state index is 13.1. The third-order valence-corrected chi connectivity index (χ3v) is 21.1. The van der Waals surface area contributed by atoms with E-state index in [2.05, 4.69) is 55.4 Å². The van der Waals surface area contributed by atoms with Gasteiger partial charge in [0.25, 0.3) is 0 Å². The van der Waals surface area contributed by atoms with Crippen LogP contribution in [0, 0.1) is 23.7 Å². The van der Waals surface area contributed by atoms with Crippen molar-refractivity contribution in [3.63, 3.8) is 0 Å². The molecule has 0 aromatic carbocycles. The second-order valence-electron chi connectivity index (χ2n) is 30.8. The summed E-state index contributed by atoms with van der Waals surface area (Å²) in [5.74, 6) is 0.983. The molecule has 0 heterocycles. The van der Waals surface area contributed by atoms with Crippen molar-refractivity contribution in [1.29, 1.82) is 0 Å². The van der Waals surface area contributed by atoms with E-state index in [0.717, 1.165) is 120 Å². The van der Waals surface area contributed by atoms with Gasteiger partial charge in [-0.25, -0.2) is 9.13 Å². The number of aliphatic hydroxyl groups is 1. The van der Waals surface area contributed by atoms with E-state index in [1.807, 2.05) is 0 Å². The molecule has 3 unspecified atom stereocenters. The monoisotopic (exact) mass is 1470 g/mol. The van der Waals surface area contributed by atoms with E-state index in [0.29, 0.717) is 25.7 Å². The molecule has 0 fully saturated rings. The highest BCUT2D eigenvalue weighted by Crippen LogP contribution is 2.45. The number of hydrogen-bond acceptors (Lipinski definition) is 15. The molecule has 6 atom stereocenters. The van der Waals surface area contributed by atoms with Crippen molar-refractivity contribution < 1.29 is 80.2 Å². The summed E-state index contributed by atoms with van der Waals surface area (Å²) in [5, 5.41) is 10.6. The van der Waals surface area contributed by atoms with Gasteiger partial charge < -0.3 is 33.8 Å². The number of ether oxygens (including phenoxy) is 4. The van der Waals surface area contributed by atoms with Crippen molar-refractivity contribution in [2.45, 2.75) is 433 Å². The number of carbonyl (C=O) groups excluding carboxylic acids is 4. The molecule has 0 aliphatic heterocycles. The van der Waals surface area contributed by atoms with Gasteiger partial charge in [0, 0.05) is 25.7 Å². The zero-order valence-electron chi connectivity index (χ0n) is 65.8. The van der Waals surface area contributed by atoms with Gasteiger partial charge in [0.05, 0.1) is 26.4 Å². The molecule has 0 bridgehead atoms. The quantitative estimate of drug-likeness (QED) is 0.0222. The maximum absolute atomic E-state index is 13.1. The zero-order valence-corrected chi connectivity index (χ0v) is 67.6. The minimum Gasteiger partial charge on any atom is -0.462 e. The number of esters is 4. The molecule has 19 heteroatoms. The van der Waals surface area contributed by atoms with E-state index in [-0.39, 0.29) is 25.7 Å². The molecule has 0 rings (SSSR count). The van der Waals surface area contributed by atoms with E-state index < -0.39 is 97.5 Å². The summed E-state index contributed by atoms with van der Waals surface area (Å²) in [6, 6.07) is 0. The Balaban J connectivity index is 5.21. The molecule has 0 radical (unpaired) electrons. The minimum absolute atomic E-state index is 0.106. The lowest BCUT2D eigenvalue weighted by Crippen LogP contribution is -2.30. The molecular formula is C81H158O17P2. The predicted octanol–water partition coefficient (Wildman–Crippen LogP) is 24.0. The molecule has 0 spiro atoms. The summed E-state index contributed by atoms with van der Waals surface area (Å²) in [5.41, 5.74) is 0. The van der Waals surface area contributed by atoms with Crippen molar-refractivity contribution in [3.8, 4) is 0 Å². The summed E-state index contributed by atoms with van der Waals surface area (Å²) in [6.45, 7) is 14.3.